The SMILES string of the molecule is CC(C)NC(C)Cc1ccc(B2OC(C)(C)C(C)(C)O2)cc1. The number of rotatable bonds is 5. The van der Waals surface area contributed by atoms with Crippen molar-refractivity contribution in [2.75, 3.05) is 0 Å². The van der Waals surface area contributed by atoms with Gasteiger partial charge in [-0.1, -0.05) is 38.1 Å². The Morgan fingerprint density at radius 2 is 1.45 bits per heavy atom. The first-order valence-electron chi connectivity index (χ1n) is 8.31. The van der Waals surface area contributed by atoms with Crippen molar-refractivity contribution in [1.82, 2.24) is 5.32 Å². The van der Waals surface area contributed by atoms with Gasteiger partial charge >= 0.3 is 7.12 Å². The van der Waals surface area contributed by atoms with Gasteiger partial charge in [-0.15, -0.1) is 0 Å². The molecule has 1 aliphatic rings. The molecule has 1 saturated heterocycles. The fourth-order valence-electron chi connectivity index (χ4n) is 2.77. The predicted octanol–water partition coefficient (Wildman–Crippen LogP) is 2.91. The zero-order valence-corrected chi connectivity index (χ0v) is 15.1. The van der Waals surface area contributed by atoms with Crippen LogP contribution in [0.25, 0.3) is 0 Å². The second kappa shape index (κ2) is 6.35. The van der Waals surface area contributed by atoms with Crippen LogP contribution in [0.3, 0.4) is 0 Å². The fraction of sp³-hybridized carbons (Fsp3) is 0.667. The Kier molecular flexibility index (Phi) is 5.05. The summed E-state index contributed by atoms with van der Waals surface area (Å²) in [7, 11) is -0.273. The monoisotopic (exact) mass is 303 g/mol. The van der Waals surface area contributed by atoms with E-state index in [1.807, 2.05) is 0 Å². The van der Waals surface area contributed by atoms with Crippen molar-refractivity contribution in [2.24, 2.45) is 0 Å². The van der Waals surface area contributed by atoms with Gasteiger partial charge in [0.25, 0.3) is 0 Å². The van der Waals surface area contributed by atoms with E-state index in [0.29, 0.717) is 12.1 Å². The standard InChI is InChI=1S/C18H30BNO2/c1-13(2)20-14(3)12-15-8-10-16(11-9-15)19-21-17(4,5)18(6,7)22-19/h8-11,13-14,20H,12H2,1-7H3. The van der Waals surface area contributed by atoms with Crippen LogP contribution in [-0.4, -0.2) is 30.4 Å². The Morgan fingerprint density at radius 1 is 0.955 bits per heavy atom. The van der Waals surface area contributed by atoms with Gasteiger partial charge in [0.15, 0.2) is 0 Å². The van der Waals surface area contributed by atoms with Gasteiger partial charge in [-0.2, -0.15) is 0 Å². The lowest BCUT2D eigenvalue weighted by Crippen LogP contribution is -2.41. The van der Waals surface area contributed by atoms with E-state index in [2.05, 4.69) is 78.0 Å². The zero-order valence-electron chi connectivity index (χ0n) is 15.1. The van der Waals surface area contributed by atoms with Gasteiger partial charge in [-0.3, -0.25) is 0 Å². The van der Waals surface area contributed by atoms with E-state index in [0.717, 1.165) is 11.9 Å². The first kappa shape index (κ1) is 17.5. The van der Waals surface area contributed by atoms with Crippen molar-refractivity contribution in [2.45, 2.75) is 78.2 Å². The highest BCUT2D eigenvalue weighted by Gasteiger charge is 2.51. The highest BCUT2D eigenvalue weighted by Crippen LogP contribution is 2.36. The van der Waals surface area contributed by atoms with Gasteiger partial charge in [0.05, 0.1) is 11.2 Å². The smallest absolute Gasteiger partial charge is 0.399 e. The second-order valence-electron chi connectivity index (χ2n) is 7.76. The normalized spacial score (nSPS) is 21.4. The third kappa shape index (κ3) is 3.92. The van der Waals surface area contributed by atoms with Crippen LogP contribution in [0.15, 0.2) is 24.3 Å². The Labute approximate surface area is 135 Å². The largest absolute Gasteiger partial charge is 0.494 e. The summed E-state index contributed by atoms with van der Waals surface area (Å²) >= 11 is 0. The molecule has 0 radical (unpaired) electrons. The minimum atomic E-state index is -0.286. The van der Waals surface area contributed by atoms with E-state index in [-0.39, 0.29) is 18.3 Å². The molecule has 0 spiro atoms. The fourth-order valence-corrected chi connectivity index (χ4v) is 2.77. The van der Waals surface area contributed by atoms with Crippen LogP contribution >= 0.6 is 0 Å². The zero-order chi connectivity index (χ0) is 16.5. The van der Waals surface area contributed by atoms with Crippen molar-refractivity contribution in [3.8, 4) is 0 Å². The number of hydrogen-bond acceptors (Lipinski definition) is 3. The molecule has 0 aliphatic carbocycles. The van der Waals surface area contributed by atoms with Gasteiger partial charge in [0, 0.05) is 12.1 Å². The molecular formula is C18H30BNO2. The van der Waals surface area contributed by atoms with E-state index < -0.39 is 0 Å². The molecule has 122 valence electrons. The molecule has 3 nitrogen and oxygen atoms in total. The van der Waals surface area contributed by atoms with Crippen molar-refractivity contribution < 1.29 is 9.31 Å². The molecule has 1 fully saturated rings. The molecule has 1 heterocycles. The van der Waals surface area contributed by atoms with E-state index >= 15 is 0 Å². The molecule has 1 aliphatic heterocycles. The van der Waals surface area contributed by atoms with E-state index in [4.69, 9.17) is 9.31 Å². The van der Waals surface area contributed by atoms with Crippen LogP contribution < -0.4 is 10.8 Å². The molecule has 2 rings (SSSR count). The minimum Gasteiger partial charge on any atom is -0.399 e. The maximum Gasteiger partial charge on any atom is 0.494 e. The molecule has 1 aromatic rings. The Balaban J connectivity index is 2.01. The first-order chi connectivity index (χ1) is 10.1. The average molecular weight is 303 g/mol. The van der Waals surface area contributed by atoms with Crippen LogP contribution in [0.5, 0.6) is 0 Å². The molecule has 22 heavy (non-hydrogen) atoms. The lowest BCUT2D eigenvalue weighted by atomic mass is 9.78. The predicted molar refractivity (Wildman–Crippen MR) is 93.6 cm³/mol. The number of benzene rings is 1. The quantitative estimate of drug-likeness (QED) is 0.849. The maximum atomic E-state index is 6.09. The number of hydrogen-bond donors (Lipinski definition) is 1. The van der Waals surface area contributed by atoms with Crippen LogP contribution in [0.4, 0.5) is 0 Å². The van der Waals surface area contributed by atoms with Crippen LogP contribution in [0, 0.1) is 0 Å². The molecule has 1 N–H and O–H groups in total. The van der Waals surface area contributed by atoms with Crippen molar-refractivity contribution >= 4 is 12.6 Å². The molecule has 1 aromatic carbocycles. The summed E-state index contributed by atoms with van der Waals surface area (Å²) in [6.45, 7) is 14.9. The molecule has 4 heteroatoms. The van der Waals surface area contributed by atoms with E-state index in [9.17, 15) is 0 Å². The van der Waals surface area contributed by atoms with Crippen LogP contribution in [0.1, 0.15) is 54.0 Å². The first-order valence-corrected chi connectivity index (χ1v) is 8.31. The molecule has 0 bridgehead atoms. The summed E-state index contributed by atoms with van der Waals surface area (Å²) in [5, 5.41) is 3.53. The summed E-state index contributed by atoms with van der Waals surface area (Å²) in [4.78, 5) is 0. The van der Waals surface area contributed by atoms with Crippen molar-refractivity contribution in [3.63, 3.8) is 0 Å². The average Bonchev–Trinajstić information content (AvgIpc) is 2.58. The Bertz CT molecular complexity index is 480. The molecule has 1 unspecified atom stereocenters. The molecular weight excluding hydrogens is 273 g/mol. The summed E-state index contributed by atoms with van der Waals surface area (Å²) in [5.41, 5.74) is 1.85. The lowest BCUT2D eigenvalue weighted by Gasteiger charge is -2.32. The van der Waals surface area contributed by atoms with Crippen molar-refractivity contribution in [3.05, 3.63) is 29.8 Å². The van der Waals surface area contributed by atoms with Crippen LogP contribution in [0.2, 0.25) is 0 Å². The van der Waals surface area contributed by atoms with E-state index in [1.54, 1.807) is 0 Å². The van der Waals surface area contributed by atoms with E-state index in [1.165, 1.54) is 5.56 Å². The molecule has 1 atom stereocenters. The van der Waals surface area contributed by atoms with Gasteiger partial charge in [0.2, 0.25) is 0 Å². The summed E-state index contributed by atoms with van der Waals surface area (Å²) in [5.74, 6) is 0. The van der Waals surface area contributed by atoms with Crippen molar-refractivity contribution in [1.29, 1.82) is 0 Å². The Morgan fingerprint density at radius 3 is 1.91 bits per heavy atom. The van der Waals surface area contributed by atoms with Gasteiger partial charge in [0.1, 0.15) is 0 Å². The lowest BCUT2D eigenvalue weighted by molar-refractivity contribution is 0.00578. The highest BCUT2D eigenvalue weighted by atomic mass is 16.7. The summed E-state index contributed by atoms with van der Waals surface area (Å²) in [6, 6.07) is 9.60. The minimum absolute atomic E-state index is 0.273. The second-order valence-corrected chi connectivity index (χ2v) is 7.76. The van der Waals surface area contributed by atoms with Gasteiger partial charge < -0.3 is 14.6 Å². The Hall–Kier alpha value is -0.835. The summed E-state index contributed by atoms with van der Waals surface area (Å²) < 4.78 is 12.2. The third-order valence-electron chi connectivity index (χ3n) is 4.66. The van der Waals surface area contributed by atoms with Crippen LogP contribution in [-0.2, 0) is 15.7 Å². The molecule has 0 amide bonds. The van der Waals surface area contributed by atoms with Gasteiger partial charge in [-0.25, -0.2) is 0 Å². The molecule has 0 aromatic heterocycles. The van der Waals surface area contributed by atoms with Gasteiger partial charge in [-0.05, 0) is 52.1 Å². The summed E-state index contributed by atoms with van der Waals surface area (Å²) in [6.07, 6.45) is 1.03. The topological polar surface area (TPSA) is 30.5 Å². The number of nitrogens with one attached hydrogen (secondary N) is 1. The highest BCUT2D eigenvalue weighted by molar-refractivity contribution is 6.62. The third-order valence-corrected chi connectivity index (χ3v) is 4.66. The maximum absolute atomic E-state index is 6.09. The molecule has 0 saturated carbocycles.